The zero-order valence-electron chi connectivity index (χ0n) is 10.4. The van der Waals surface area contributed by atoms with E-state index in [0.717, 1.165) is 30.5 Å². The van der Waals surface area contributed by atoms with Crippen LogP contribution in [0.15, 0.2) is 24.3 Å². The lowest BCUT2D eigenvalue weighted by Crippen LogP contribution is -2.20. The standard InChI is InChI=1S/C14H18N2O2/c1-9-7-11(8-12(13(9)15)14(17)18)16-10-5-3-2-4-6-10/h2-3,7-8,10,16H,4-6,15H2,1H3,(H,17,18). The van der Waals surface area contributed by atoms with Crippen molar-refractivity contribution in [2.45, 2.75) is 32.2 Å². The van der Waals surface area contributed by atoms with Crippen LogP contribution in [0, 0.1) is 6.92 Å². The van der Waals surface area contributed by atoms with Crippen molar-refractivity contribution >= 4 is 17.3 Å². The Morgan fingerprint density at radius 1 is 1.44 bits per heavy atom. The van der Waals surface area contributed by atoms with E-state index in [9.17, 15) is 4.79 Å². The van der Waals surface area contributed by atoms with Gasteiger partial charge in [0.15, 0.2) is 0 Å². The van der Waals surface area contributed by atoms with Gasteiger partial charge in [0.05, 0.1) is 5.56 Å². The number of nitrogen functional groups attached to an aromatic ring is 1. The minimum absolute atomic E-state index is 0.170. The van der Waals surface area contributed by atoms with Gasteiger partial charge in [-0.3, -0.25) is 0 Å². The highest BCUT2D eigenvalue weighted by molar-refractivity contribution is 5.95. The van der Waals surface area contributed by atoms with Crippen molar-refractivity contribution in [1.82, 2.24) is 0 Å². The van der Waals surface area contributed by atoms with E-state index >= 15 is 0 Å². The van der Waals surface area contributed by atoms with Crippen molar-refractivity contribution in [2.24, 2.45) is 0 Å². The number of aromatic carboxylic acids is 1. The highest BCUT2D eigenvalue weighted by atomic mass is 16.4. The average Bonchev–Trinajstić information content (AvgIpc) is 2.34. The Labute approximate surface area is 107 Å². The normalized spacial score (nSPS) is 18.6. The quantitative estimate of drug-likeness (QED) is 0.566. The maximum atomic E-state index is 11.1. The number of nitrogens with one attached hydrogen (secondary N) is 1. The monoisotopic (exact) mass is 246 g/mol. The number of carbonyl (C=O) groups is 1. The molecule has 0 bridgehead atoms. The Kier molecular flexibility index (Phi) is 3.55. The number of hydrogen-bond acceptors (Lipinski definition) is 3. The number of benzene rings is 1. The van der Waals surface area contributed by atoms with Crippen LogP contribution >= 0.6 is 0 Å². The van der Waals surface area contributed by atoms with Gasteiger partial charge in [-0.05, 0) is 43.9 Å². The van der Waals surface area contributed by atoms with E-state index in [4.69, 9.17) is 10.8 Å². The fourth-order valence-corrected chi connectivity index (χ4v) is 2.22. The molecular formula is C14H18N2O2. The minimum atomic E-state index is -0.984. The molecule has 0 fully saturated rings. The average molecular weight is 246 g/mol. The van der Waals surface area contributed by atoms with Crippen LogP contribution in [0.1, 0.15) is 35.2 Å². The van der Waals surface area contributed by atoms with Crippen LogP contribution in [-0.2, 0) is 0 Å². The van der Waals surface area contributed by atoms with Crippen LogP contribution < -0.4 is 11.1 Å². The number of carboxylic acids is 1. The van der Waals surface area contributed by atoms with Crippen LogP contribution in [0.5, 0.6) is 0 Å². The topological polar surface area (TPSA) is 75.3 Å². The summed E-state index contributed by atoms with van der Waals surface area (Å²) < 4.78 is 0. The van der Waals surface area contributed by atoms with Crippen molar-refractivity contribution in [3.8, 4) is 0 Å². The summed E-state index contributed by atoms with van der Waals surface area (Å²) in [5, 5.41) is 12.5. The number of anilines is 2. The summed E-state index contributed by atoms with van der Waals surface area (Å²) >= 11 is 0. The molecule has 1 unspecified atom stereocenters. The molecule has 96 valence electrons. The van der Waals surface area contributed by atoms with E-state index in [1.165, 1.54) is 0 Å². The molecule has 4 N–H and O–H groups in total. The Bertz CT molecular complexity index is 495. The molecule has 1 aliphatic rings. The Morgan fingerprint density at radius 3 is 2.83 bits per heavy atom. The first kappa shape index (κ1) is 12.5. The number of nitrogens with two attached hydrogens (primary N) is 1. The van der Waals surface area contributed by atoms with Crippen LogP contribution in [0.4, 0.5) is 11.4 Å². The van der Waals surface area contributed by atoms with Gasteiger partial charge in [0.25, 0.3) is 0 Å². The molecule has 0 aliphatic heterocycles. The summed E-state index contributed by atoms with van der Waals surface area (Å²) in [4.78, 5) is 11.1. The lowest BCUT2D eigenvalue weighted by atomic mass is 10.0. The van der Waals surface area contributed by atoms with E-state index in [1.807, 2.05) is 13.0 Å². The lowest BCUT2D eigenvalue weighted by Gasteiger charge is -2.21. The first-order chi connectivity index (χ1) is 8.58. The summed E-state index contributed by atoms with van der Waals surface area (Å²) in [5.41, 5.74) is 7.91. The van der Waals surface area contributed by atoms with Crippen molar-refractivity contribution in [1.29, 1.82) is 0 Å². The van der Waals surface area contributed by atoms with Crippen molar-refractivity contribution in [3.05, 3.63) is 35.4 Å². The first-order valence-corrected chi connectivity index (χ1v) is 6.13. The maximum Gasteiger partial charge on any atom is 0.337 e. The van der Waals surface area contributed by atoms with Crippen molar-refractivity contribution in [2.75, 3.05) is 11.1 Å². The van der Waals surface area contributed by atoms with E-state index in [2.05, 4.69) is 17.5 Å². The fraction of sp³-hybridized carbons (Fsp3) is 0.357. The van der Waals surface area contributed by atoms with Crippen molar-refractivity contribution in [3.63, 3.8) is 0 Å². The second-order valence-electron chi connectivity index (χ2n) is 4.69. The summed E-state index contributed by atoms with van der Waals surface area (Å²) in [6, 6.07) is 3.89. The van der Waals surface area contributed by atoms with Crippen LogP contribution in [-0.4, -0.2) is 17.1 Å². The van der Waals surface area contributed by atoms with Gasteiger partial charge >= 0.3 is 5.97 Å². The highest BCUT2D eigenvalue weighted by Gasteiger charge is 2.14. The fourth-order valence-electron chi connectivity index (χ4n) is 2.22. The summed E-state index contributed by atoms with van der Waals surface area (Å²) in [7, 11) is 0. The maximum absolute atomic E-state index is 11.1. The Balaban J connectivity index is 2.23. The van der Waals surface area contributed by atoms with E-state index in [-0.39, 0.29) is 5.56 Å². The number of carboxylic acid groups (broad SMARTS) is 1. The Hall–Kier alpha value is -1.97. The molecule has 4 nitrogen and oxygen atoms in total. The molecule has 2 rings (SSSR count). The number of hydrogen-bond donors (Lipinski definition) is 3. The predicted molar refractivity (Wildman–Crippen MR) is 73.0 cm³/mol. The van der Waals surface area contributed by atoms with E-state index < -0.39 is 5.97 Å². The zero-order chi connectivity index (χ0) is 13.1. The number of allylic oxidation sites excluding steroid dienone is 1. The number of rotatable bonds is 3. The second-order valence-corrected chi connectivity index (χ2v) is 4.69. The van der Waals surface area contributed by atoms with Gasteiger partial charge in [-0.25, -0.2) is 4.79 Å². The minimum Gasteiger partial charge on any atom is -0.478 e. The van der Waals surface area contributed by atoms with Gasteiger partial charge in [-0.1, -0.05) is 12.2 Å². The first-order valence-electron chi connectivity index (χ1n) is 6.13. The van der Waals surface area contributed by atoms with Gasteiger partial charge < -0.3 is 16.2 Å². The molecule has 1 aromatic rings. The van der Waals surface area contributed by atoms with Gasteiger partial charge in [0, 0.05) is 17.4 Å². The molecule has 1 aliphatic carbocycles. The molecule has 0 saturated carbocycles. The largest absolute Gasteiger partial charge is 0.478 e. The molecule has 0 spiro atoms. The molecule has 18 heavy (non-hydrogen) atoms. The predicted octanol–water partition coefficient (Wildman–Crippen LogP) is 2.80. The van der Waals surface area contributed by atoms with Crippen molar-refractivity contribution < 1.29 is 9.90 Å². The van der Waals surface area contributed by atoms with Gasteiger partial charge in [-0.2, -0.15) is 0 Å². The molecule has 0 aromatic heterocycles. The summed E-state index contributed by atoms with van der Waals surface area (Å²) in [5.74, 6) is -0.984. The second kappa shape index (κ2) is 5.12. The number of aryl methyl sites for hydroxylation is 1. The van der Waals surface area contributed by atoms with E-state index in [0.29, 0.717) is 11.7 Å². The van der Waals surface area contributed by atoms with Gasteiger partial charge in [0.2, 0.25) is 0 Å². The van der Waals surface area contributed by atoms with Crippen LogP contribution in [0.3, 0.4) is 0 Å². The molecule has 0 saturated heterocycles. The molecule has 4 heteroatoms. The third-order valence-corrected chi connectivity index (χ3v) is 3.26. The molecule has 1 aromatic carbocycles. The summed E-state index contributed by atoms with van der Waals surface area (Å²) in [6.07, 6.45) is 7.45. The lowest BCUT2D eigenvalue weighted by molar-refractivity contribution is 0.0698. The van der Waals surface area contributed by atoms with Gasteiger partial charge in [-0.15, -0.1) is 0 Å². The van der Waals surface area contributed by atoms with Gasteiger partial charge in [0.1, 0.15) is 0 Å². The van der Waals surface area contributed by atoms with Crippen LogP contribution in [0.25, 0.3) is 0 Å². The zero-order valence-corrected chi connectivity index (χ0v) is 10.4. The SMILES string of the molecule is Cc1cc(NC2CC=CCC2)cc(C(=O)O)c1N. The molecule has 1 atom stereocenters. The molecular weight excluding hydrogens is 228 g/mol. The van der Waals surface area contributed by atoms with Crippen LogP contribution in [0.2, 0.25) is 0 Å². The molecule has 0 heterocycles. The van der Waals surface area contributed by atoms with E-state index in [1.54, 1.807) is 6.07 Å². The summed E-state index contributed by atoms with van der Waals surface area (Å²) in [6.45, 7) is 1.83. The highest BCUT2D eigenvalue weighted by Crippen LogP contribution is 2.25. The molecule has 0 radical (unpaired) electrons. The molecule has 0 amide bonds. The third kappa shape index (κ3) is 2.64. The smallest absolute Gasteiger partial charge is 0.337 e. The third-order valence-electron chi connectivity index (χ3n) is 3.26. The Morgan fingerprint density at radius 2 is 2.22 bits per heavy atom.